The maximum Gasteiger partial charge on any atom is 0.306 e. The summed E-state index contributed by atoms with van der Waals surface area (Å²) in [5, 5.41) is 9.77. The number of rotatable bonds is 37. The number of hydrogen-bond donors (Lipinski definition) is 1. The van der Waals surface area contributed by atoms with E-state index in [4.69, 9.17) is 18.5 Å². The van der Waals surface area contributed by atoms with E-state index in [9.17, 15) is 19.4 Å². The van der Waals surface area contributed by atoms with Crippen molar-refractivity contribution < 1.29 is 42.4 Å². The first-order chi connectivity index (χ1) is 26.0. The molecule has 0 aromatic heterocycles. The number of hydrogen-bond acceptors (Lipinski definition) is 8. The summed E-state index contributed by atoms with van der Waals surface area (Å²) in [6, 6.07) is 0. The molecule has 10 heteroatoms. The lowest BCUT2D eigenvalue weighted by Gasteiger charge is -2.28. The van der Waals surface area contributed by atoms with Crippen molar-refractivity contribution in [1.29, 1.82) is 0 Å². The number of unbranched alkanes of at least 4 members (excludes halogenated alkanes) is 13. The van der Waals surface area contributed by atoms with E-state index in [2.05, 4.69) is 31.2 Å². The third-order valence-corrected chi connectivity index (χ3v) is 9.38. The molecule has 9 nitrogen and oxygen atoms in total. The molecule has 0 fully saturated rings. The Bertz CT molecular complexity index is 1110. The third-order valence-electron chi connectivity index (χ3n) is 8.41. The predicted octanol–water partition coefficient (Wildman–Crippen LogP) is 10.6. The second kappa shape index (κ2) is 36.4. The van der Waals surface area contributed by atoms with Crippen molar-refractivity contribution in [3.8, 4) is 0 Å². The van der Waals surface area contributed by atoms with Gasteiger partial charge in [-0.25, -0.2) is 0 Å². The summed E-state index contributed by atoms with van der Waals surface area (Å²) >= 11 is 0. The molecule has 0 saturated heterocycles. The molecule has 312 valence electrons. The van der Waals surface area contributed by atoms with Crippen LogP contribution < -0.4 is 4.89 Å². The number of aliphatic hydroxyl groups is 1. The largest absolute Gasteiger partial charge is 0.756 e. The first kappa shape index (κ1) is 51.7. The molecule has 2 unspecified atom stereocenters. The van der Waals surface area contributed by atoms with E-state index in [0.29, 0.717) is 23.9 Å². The number of carbonyl (C=O) groups is 1. The smallest absolute Gasteiger partial charge is 0.306 e. The standard InChI is InChI=1S/C44H78NO8P/c1-6-8-10-11-12-13-14-15-18-21-24-27-30-33-38-50-40-43(41-52-54(48,49)51-39-37-45(3,4)5)53-44(47)36-32-29-26-23-20-17-16-19-22-25-28-31-35-42(46)34-9-7-2/h9,16-17,22-23,25-26,28,31,33-34,38,42-43,46H,6-8,10-15,18-21,24,27,29-30,32,35-37,39-41H2,1-5H3/b17-16-,25-22-,26-23-,31-28+,34-9-,38-33+/t42?,43-/m1/s1. The van der Waals surface area contributed by atoms with Crippen LogP contribution in [-0.4, -0.2) is 75.3 Å². The molecular weight excluding hydrogens is 701 g/mol. The Balaban J connectivity index is 4.48. The number of quaternary nitrogens is 1. The van der Waals surface area contributed by atoms with E-state index in [1.807, 2.05) is 70.6 Å². The van der Waals surface area contributed by atoms with E-state index in [0.717, 1.165) is 38.5 Å². The highest BCUT2D eigenvalue weighted by Crippen LogP contribution is 2.38. The van der Waals surface area contributed by atoms with Gasteiger partial charge in [0.15, 0.2) is 6.10 Å². The van der Waals surface area contributed by atoms with Crippen molar-refractivity contribution in [3.63, 3.8) is 0 Å². The normalized spacial score (nSPS) is 15.1. The second-order valence-corrected chi connectivity index (χ2v) is 16.3. The molecule has 0 rings (SSSR count). The van der Waals surface area contributed by atoms with Crippen molar-refractivity contribution in [2.24, 2.45) is 0 Å². The Kier molecular flexibility index (Phi) is 34.9. The van der Waals surface area contributed by atoms with Crippen LogP contribution in [0.15, 0.2) is 73.1 Å². The maximum absolute atomic E-state index is 12.6. The number of aliphatic hydroxyl groups excluding tert-OH is 1. The molecule has 0 bridgehead atoms. The summed E-state index contributed by atoms with van der Waals surface area (Å²) in [7, 11) is 1.25. The summed E-state index contributed by atoms with van der Waals surface area (Å²) in [6.45, 7) is 4.40. The van der Waals surface area contributed by atoms with Crippen molar-refractivity contribution >= 4 is 13.8 Å². The number of esters is 1. The Morgan fingerprint density at radius 3 is 1.96 bits per heavy atom. The zero-order valence-electron chi connectivity index (χ0n) is 34.8. The van der Waals surface area contributed by atoms with Gasteiger partial charge in [-0.15, -0.1) is 0 Å². The predicted molar refractivity (Wildman–Crippen MR) is 223 cm³/mol. The highest BCUT2D eigenvalue weighted by atomic mass is 31.2. The molecule has 54 heavy (non-hydrogen) atoms. The lowest BCUT2D eigenvalue weighted by atomic mass is 10.0. The molecule has 0 aliphatic heterocycles. The summed E-state index contributed by atoms with van der Waals surface area (Å²) in [4.78, 5) is 25.0. The molecule has 0 saturated carbocycles. The molecule has 0 aromatic carbocycles. The zero-order chi connectivity index (χ0) is 40.0. The number of ether oxygens (including phenoxy) is 2. The Morgan fingerprint density at radius 1 is 0.722 bits per heavy atom. The van der Waals surface area contributed by atoms with Crippen LogP contribution in [0.2, 0.25) is 0 Å². The summed E-state index contributed by atoms with van der Waals surface area (Å²) in [5.74, 6) is -0.430. The van der Waals surface area contributed by atoms with Gasteiger partial charge in [0.1, 0.15) is 19.8 Å². The molecule has 0 aliphatic carbocycles. The minimum absolute atomic E-state index is 0.00484. The van der Waals surface area contributed by atoms with E-state index < -0.39 is 26.0 Å². The number of phosphoric ester groups is 1. The average Bonchev–Trinajstić information content (AvgIpc) is 3.12. The lowest BCUT2D eigenvalue weighted by Crippen LogP contribution is -2.37. The number of likely N-dealkylation sites (N-methyl/N-ethyl adjacent to an activating group) is 1. The molecular formula is C44H78NO8P. The molecule has 3 atom stereocenters. The van der Waals surface area contributed by atoms with Gasteiger partial charge in [0.05, 0.1) is 40.1 Å². The van der Waals surface area contributed by atoms with Crippen molar-refractivity contribution in [2.45, 2.75) is 154 Å². The van der Waals surface area contributed by atoms with Crippen molar-refractivity contribution in [3.05, 3.63) is 73.1 Å². The molecule has 0 radical (unpaired) electrons. The van der Waals surface area contributed by atoms with E-state index >= 15 is 0 Å². The van der Waals surface area contributed by atoms with E-state index in [1.165, 1.54) is 70.6 Å². The van der Waals surface area contributed by atoms with Crippen LogP contribution in [0.5, 0.6) is 0 Å². The van der Waals surface area contributed by atoms with Gasteiger partial charge in [-0.1, -0.05) is 145 Å². The summed E-state index contributed by atoms with van der Waals surface area (Å²) < 4.78 is 34.2. The van der Waals surface area contributed by atoms with Crippen LogP contribution >= 0.6 is 7.82 Å². The van der Waals surface area contributed by atoms with Crippen LogP contribution in [0, 0.1) is 0 Å². The van der Waals surface area contributed by atoms with Crippen molar-refractivity contribution in [1.82, 2.24) is 0 Å². The fraction of sp³-hybridized carbons (Fsp3) is 0.705. The van der Waals surface area contributed by atoms with Crippen molar-refractivity contribution in [2.75, 3.05) is 47.5 Å². The minimum Gasteiger partial charge on any atom is -0.756 e. The zero-order valence-corrected chi connectivity index (χ0v) is 35.6. The maximum atomic E-state index is 12.6. The van der Waals surface area contributed by atoms with Crippen LogP contribution in [-0.2, 0) is 27.9 Å². The second-order valence-electron chi connectivity index (χ2n) is 14.9. The molecule has 0 spiro atoms. The molecule has 0 aliphatic rings. The Hall–Kier alpha value is -2.26. The van der Waals surface area contributed by atoms with Gasteiger partial charge in [0.2, 0.25) is 0 Å². The van der Waals surface area contributed by atoms with Gasteiger partial charge >= 0.3 is 5.97 Å². The average molecular weight is 780 g/mol. The highest BCUT2D eigenvalue weighted by molar-refractivity contribution is 7.45. The minimum atomic E-state index is -4.57. The monoisotopic (exact) mass is 780 g/mol. The molecule has 0 amide bonds. The van der Waals surface area contributed by atoms with Gasteiger partial charge in [-0.05, 0) is 57.4 Å². The van der Waals surface area contributed by atoms with Gasteiger partial charge in [-0.2, -0.15) is 0 Å². The number of phosphoric acid groups is 1. The summed E-state index contributed by atoms with van der Waals surface area (Å²) in [6.07, 6.45) is 43.5. The number of nitrogens with zero attached hydrogens (tertiary/aromatic N) is 1. The van der Waals surface area contributed by atoms with Crippen LogP contribution in [0.4, 0.5) is 0 Å². The first-order valence-corrected chi connectivity index (χ1v) is 22.3. The van der Waals surface area contributed by atoms with Gasteiger partial charge in [0, 0.05) is 6.42 Å². The lowest BCUT2D eigenvalue weighted by molar-refractivity contribution is -0.870. The number of carbonyl (C=O) groups excluding carboxylic acids is 1. The Morgan fingerprint density at radius 2 is 1.31 bits per heavy atom. The fourth-order valence-corrected chi connectivity index (χ4v) is 5.88. The molecule has 1 N–H and O–H groups in total. The highest BCUT2D eigenvalue weighted by Gasteiger charge is 2.20. The molecule has 0 aromatic rings. The van der Waals surface area contributed by atoms with Crippen LogP contribution in [0.25, 0.3) is 0 Å². The van der Waals surface area contributed by atoms with Crippen LogP contribution in [0.3, 0.4) is 0 Å². The topological polar surface area (TPSA) is 114 Å². The van der Waals surface area contributed by atoms with Gasteiger partial charge in [-0.3, -0.25) is 9.36 Å². The van der Waals surface area contributed by atoms with Gasteiger partial charge in [0.25, 0.3) is 7.82 Å². The fourth-order valence-electron chi connectivity index (χ4n) is 5.15. The van der Waals surface area contributed by atoms with Crippen LogP contribution in [0.1, 0.15) is 142 Å². The Labute approximate surface area is 330 Å². The molecule has 0 heterocycles. The van der Waals surface area contributed by atoms with E-state index in [1.54, 1.807) is 6.26 Å². The van der Waals surface area contributed by atoms with Gasteiger partial charge < -0.3 is 33.0 Å². The SMILES string of the molecule is CC/C=C\C(O)C/C=C/C=C\C/C=C\C/C=C\CCCC(=O)O[C@H](CO/C=C/CCCCCCCCCCCCCC)COP(=O)([O-])OCC[N+](C)(C)C. The third kappa shape index (κ3) is 39.4. The number of allylic oxidation sites excluding steroid dienone is 9. The summed E-state index contributed by atoms with van der Waals surface area (Å²) in [5.41, 5.74) is 0. The first-order valence-electron chi connectivity index (χ1n) is 20.8. The van der Waals surface area contributed by atoms with E-state index in [-0.39, 0.29) is 26.2 Å². The quantitative estimate of drug-likeness (QED) is 0.0126.